The number of fused-ring (bicyclic) bond motifs is 3. The van der Waals surface area contributed by atoms with E-state index in [1.807, 2.05) is 23.1 Å². The summed E-state index contributed by atoms with van der Waals surface area (Å²) < 4.78 is 0. The van der Waals surface area contributed by atoms with Crippen LogP contribution in [-0.4, -0.2) is 45.8 Å². The fraction of sp³-hybridized carbons (Fsp3) is 0.625. The number of carbonyl (C=O) groups is 2. The van der Waals surface area contributed by atoms with Crippen molar-refractivity contribution < 1.29 is 9.59 Å². The third kappa shape index (κ3) is 4.14. The summed E-state index contributed by atoms with van der Waals surface area (Å²) >= 11 is 0. The van der Waals surface area contributed by atoms with Crippen LogP contribution in [0.2, 0.25) is 0 Å². The van der Waals surface area contributed by atoms with Crippen LogP contribution >= 0.6 is 0 Å². The minimum absolute atomic E-state index is 0.0196. The molecule has 3 unspecified atom stereocenters. The first-order chi connectivity index (χ1) is 15.2. The second kappa shape index (κ2) is 8.89. The summed E-state index contributed by atoms with van der Waals surface area (Å²) in [5.74, 6) is 1.30. The van der Waals surface area contributed by atoms with Gasteiger partial charge < -0.3 is 10.2 Å². The summed E-state index contributed by atoms with van der Waals surface area (Å²) in [6, 6.07) is 10.7. The van der Waals surface area contributed by atoms with Crippen LogP contribution in [0.25, 0.3) is 0 Å². The van der Waals surface area contributed by atoms with Crippen LogP contribution in [0.3, 0.4) is 0 Å². The number of hydrogen-bond acceptors (Lipinski definition) is 5. The average Bonchev–Trinajstić information content (AvgIpc) is 3.46. The topological polar surface area (TPSA) is 77.0 Å². The van der Waals surface area contributed by atoms with Gasteiger partial charge in [0.15, 0.2) is 6.29 Å². The van der Waals surface area contributed by atoms with Gasteiger partial charge >= 0.3 is 0 Å². The lowest BCUT2D eigenvalue weighted by Gasteiger charge is -2.50. The van der Waals surface area contributed by atoms with Crippen LogP contribution < -0.4 is 10.7 Å². The molecule has 2 amide bonds. The Morgan fingerprint density at radius 1 is 1.06 bits per heavy atom. The Bertz CT molecular complexity index is 836. The number of hydrazone groups is 1. The molecule has 5 rings (SSSR count). The van der Waals surface area contributed by atoms with E-state index in [0.717, 1.165) is 49.9 Å². The molecule has 1 aromatic carbocycles. The Morgan fingerprint density at radius 2 is 1.81 bits per heavy atom. The molecular weight excluding hydrogens is 390 g/mol. The fourth-order valence-corrected chi connectivity index (χ4v) is 5.78. The van der Waals surface area contributed by atoms with Gasteiger partial charge in [-0.05, 0) is 31.2 Å². The van der Waals surface area contributed by atoms with Crippen molar-refractivity contribution in [3.63, 3.8) is 0 Å². The molecule has 2 saturated carbocycles. The lowest BCUT2D eigenvalue weighted by molar-refractivity contribution is -0.156. The normalized spacial score (nSPS) is 28.1. The molecule has 0 spiro atoms. The van der Waals surface area contributed by atoms with Gasteiger partial charge in [0.25, 0.3) is 0 Å². The van der Waals surface area contributed by atoms with Crippen molar-refractivity contribution in [1.82, 2.24) is 20.5 Å². The third-order valence-corrected chi connectivity index (χ3v) is 7.34. The van der Waals surface area contributed by atoms with E-state index < -0.39 is 0 Å². The van der Waals surface area contributed by atoms with E-state index in [1.54, 1.807) is 0 Å². The van der Waals surface area contributed by atoms with E-state index in [0.29, 0.717) is 25.4 Å². The summed E-state index contributed by atoms with van der Waals surface area (Å²) in [4.78, 5) is 30.2. The lowest BCUT2D eigenvalue weighted by atomic mass is 9.80. The number of amides is 2. The Hall–Kier alpha value is -2.57. The molecule has 7 heteroatoms. The molecule has 1 saturated heterocycles. The number of nitrogens with one attached hydrogen (secondary N) is 2. The molecule has 2 heterocycles. The van der Waals surface area contributed by atoms with E-state index in [-0.39, 0.29) is 30.1 Å². The highest BCUT2D eigenvalue weighted by atomic mass is 16.2. The van der Waals surface area contributed by atoms with E-state index in [4.69, 9.17) is 0 Å². The number of nitrogens with zero attached hydrogens (tertiary/aromatic N) is 3. The summed E-state index contributed by atoms with van der Waals surface area (Å²) in [6.07, 6.45) is 9.64. The highest BCUT2D eigenvalue weighted by Crippen LogP contribution is 2.38. The lowest BCUT2D eigenvalue weighted by Crippen LogP contribution is -2.67. The molecule has 3 atom stereocenters. The van der Waals surface area contributed by atoms with Gasteiger partial charge in [0.1, 0.15) is 5.84 Å². The van der Waals surface area contributed by atoms with Crippen molar-refractivity contribution in [2.24, 2.45) is 11.0 Å². The first kappa shape index (κ1) is 20.3. The van der Waals surface area contributed by atoms with Crippen LogP contribution in [0, 0.1) is 5.92 Å². The minimum atomic E-state index is -0.250. The second-order valence-corrected chi connectivity index (χ2v) is 9.40. The molecule has 1 aromatic rings. The molecule has 0 radical (unpaired) electrons. The highest BCUT2D eigenvalue weighted by Gasteiger charge is 2.50. The van der Waals surface area contributed by atoms with Gasteiger partial charge in [-0.3, -0.25) is 19.9 Å². The zero-order chi connectivity index (χ0) is 21.2. The Labute approximate surface area is 184 Å². The Balaban J connectivity index is 1.29. The van der Waals surface area contributed by atoms with Gasteiger partial charge in [0.05, 0.1) is 5.92 Å². The Kier molecular flexibility index (Phi) is 5.83. The van der Waals surface area contributed by atoms with E-state index in [2.05, 4.69) is 32.9 Å². The van der Waals surface area contributed by atoms with Crippen molar-refractivity contribution in [3.8, 4) is 0 Å². The van der Waals surface area contributed by atoms with Crippen LogP contribution in [0.15, 0.2) is 35.4 Å². The predicted octanol–water partition coefficient (Wildman–Crippen LogP) is 2.93. The molecule has 7 nitrogen and oxygen atoms in total. The first-order valence-corrected chi connectivity index (χ1v) is 11.9. The van der Waals surface area contributed by atoms with Gasteiger partial charge in [-0.2, -0.15) is 5.10 Å². The molecule has 166 valence electrons. The zero-order valence-electron chi connectivity index (χ0n) is 18.1. The van der Waals surface area contributed by atoms with Gasteiger partial charge in [-0.15, -0.1) is 0 Å². The molecule has 2 aliphatic carbocycles. The number of amidine groups is 1. The highest BCUT2D eigenvalue weighted by molar-refractivity contribution is 5.91. The van der Waals surface area contributed by atoms with Crippen LogP contribution in [0.5, 0.6) is 0 Å². The van der Waals surface area contributed by atoms with Crippen LogP contribution in [-0.2, 0) is 16.1 Å². The zero-order valence-corrected chi connectivity index (χ0v) is 18.1. The summed E-state index contributed by atoms with van der Waals surface area (Å²) in [6.45, 7) is 0.571. The summed E-state index contributed by atoms with van der Waals surface area (Å²) in [5.41, 5.74) is 4.35. The summed E-state index contributed by atoms with van der Waals surface area (Å²) in [5, 5.41) is 7.80. The van der Waals surface area contributed by atoms with Gasteiger partial charge in [-0.25, -0.2) is 0 Å². The standard InChI is InChI=1S/C24H33N5O2/c30-22(25-18-10-4-5-11-18)15-14-21-26-27-24-28(16-17-8-2-1-3-9-17)23(31)19-12-6-7-13-20(19)29(21)24/h1-3,8-9,18-20,24,27H,4-7,10-16H2,(H,25,30). The molecular formula is C24H33N5O2. The molecule has 3 fully saturated rings. The maximum absolute atomic E-state index is 13.4. The van der Waals surface area contributed by atoms with Gasteiger partial charge in [-0.1, -0.05) is 56.0 Å². The van der Waals surface area contributed by atoms with E-state index >= 15 is 0 Å². The smallest absolute Gasteiger partial charge is 0.231 e. The second-order valence-electron chi connectivity index (χ2n) is 9.40. The Morgan fingerprint density at radius 3 is 2.61 bits per heavy atom. The van der Waals surface area contributed by atoms with E-state index in [1.165, 1.54) is 12.8 Å². The van der Waals surface area contributed by atoms with Crippen molar-refractivity contribution in [3.05, 3.63) is 35.9 Å². The first-order valence-electron chi connectivity index (χ1n) is 11.9. The van der Waals surface area contributed by atoms with E-state index in [9.17, 15) is 9.59 Å². The van der Waals surface area contributed by atoms with Crippen LogP contribution in [0.4, 0.5) is 0 Å². The largest absolute Gasteiger partial charge is 0.353 e. The third-order valence-electron chi connectivity index (χ3n) is 7.34. The quantitative estimate of drug-likeness (QED) is 0.738. The molecule has 2 aliphatic heterocycles. The monoisotopic (exact) mass is 423 g/mol. The maximum atomic E-state index is 13.4. The fourth-order valence-electron chi connectivity index (χ4n) is 5.78. The maximum Gasteiger partial charge on any atom is 0.231 e. The summed E-state index contributed by atoms with van der Waals surface area (Å²) in [7, 11) is 0. The number of rotatable bonds is 6. The molecule has 31 heavy (non-hydrogen) atoms. The van der Waals surface area contributed by atoms with Crippen molar-refractivity contribution in [1.29, 1.82) is 0 Å². The van der Waals surface area contributed by atoms with Gasteiger partial charge in [0, 0.05) is 31.5 Å². The molecule has 4 aliphatic rings. The van der Waals surface area contributed by atoms with Crippen LogP contribution in [0.1, 0.15) is 69.8 Å². The molecule has 0 bridgehead atoms. The van der Waals surface area contributed by atoms with Crippen molar-refractivity contribution in [2.75, 3.05) is 0 Å². The van der Waals surface area contributed by atoms with Crippen molar-refractivity contribution in [2.45, 2.75) is 89.1 Å². The SMILES string of the molecule is O=C(CCC1=NNC2N(Cc3ccccc3)C(=O)C3CCCCC3N12)NC1CCCC1. The number of carbonyl (C=O) groups excluding carboxylic acids is 2. The molecule has 2 N–H and O–H groups in total. The number of hydrogen-bond donors (Lipinski definition) is 2. The minimum Gasteiger partial charge on any atom is -0.353 e. The average molecular weight is 424 g/mol. The van der Waals surface area contributed by atoms with Gasteiger partial charge in [0.2, 0.25) is 11.8 Å². The molecule has 0 aromatic heterocycles. The predicted molar refractivity (Wildman–Crippen MR) is 119 cm³/mol. The number of benzene rings is 1. The van der Waals surface area contributed by atoms with Crippen molar-refractivity contribution >= 4 is 17.6 Å².